The molecule has 1 fully saturated rings. The van der Waals surface area contributed by atoms with Crippen molar-refractivity contribution in [3.63, 3.8) is 0 Å². The smallest absolute Gasteiger partial charge is 0.119 e. The van der Waals surface area contributed by atoms with Crippen LogP contribution in [0.15, 0.2) is 24.3 Å². The molecule has 3 N–H and O–H groups in total. The summed E-state index contributed by atoms with van der Waals surface area (Å²) in [5.74, 6) is 1.54. The summed E-state index contributed by atoms with van der Waals surface area (Å²) in [6.45, 7) is 1.28. The lowest BCUT2D eigenvalue weighted by Crippen LogP contribution is -2.19. The first kappa shape index (κ1) is 16.0. The summed E-state index contributed by atoms with van der Waals surface area (Å²) in [7, 11) is 0. The third-order valence-electron chi connectivity index (χ3n) is 3.94. The number of halogens is 1. The Bertz CT molecular complexity index is 405. The van der Waals surface area contributed by atoms with Crippen LogP contribution in [-0.2, 0) is 0 Å². The Morgan fingerprint density at radius 1 is 1.30 bits per heavy atom. The van der Waals surface area contributed by atoms with E-state index in [1.807, 2.05) is 24.3 Å². The summed E-state index contributed by atoms with van der Waals surface area (Å²) in [5.41, 5.74) is 6.37. The lowest BCUT2D eigenvalue weighted by atomic mass is 9.90. The van der Waals surface area contributed by atoms with Gasteiger partial charge in [0.2, 0.25) is 0 Å². The molecule has 112 valence electrons. The first-order chi connectivity index (χ1) is 9.69. The lowest BCUT2D eigenvalue weighted by Gasteiger charge is -2.25. The second-order valence-electron chi connectivity index (χ2n) is 5.59. The van der Waals surface area contributed by atoms with Gasteiger partial charge in [0.25, 0.3) is 0 Å². The van der Waals surface area contributed by atoms with Gasteiger partial charge in [-0.25, -0.2) is 0 Å². The normalized spacial score (nSPS) is 24.4. The lowest BCUT2D eigenvalue weighted by molar-refractivity contribution is 0.169. The van der Waals surface area contributed by atoms with Crippen LogP contribution in [0.3, 0.4) is 0 Å². The quantitative estimate of drug-likeness (QED) is 0.579. The van der Waals surface area contributed by atoms with Gasteiger partial charge in [-0.05, 0) is 62.3 Å². The van der Waals surface area contributed by atoms with Crippen molar-refractivity contribution in [3.05, 3.63) is 29.8 Å². The Morgan fingerprint density at radius 3 is 2.75 bits per heavy atom. The van der Waals surface area contributed by atoms with E-state index in [-0.39, 0.29) is 0 Å². The van der Waals surface area contributed by atoms with Crippen molar-refractivity contribution < 1.29 is 9.84 Å². The molecular weight excluding hydrogens is 365 g/mol. The molecule has 0 spiro atoms. The molecule has 1 saturated carbocycles. The summed E-state index contributed by atoms with van der Waals surface area (Å²) in [5, 5.41) is 9.95. The van der Waals surface area contributed by atoms with Crippen molar-refractivity contribution in [3.8, 4) is 5.75 Å². The van der Waals surface area contributed by atoms with Crippen LogP contribution in [0.2, 0.25) is 0 Å². The molecule has 1 aromatic rings. The van der Waals surface area contributed by atoms with Crippen molar-refractivity contribution in [1.29, 1.82) is 0 Å². The second kappa shape index (κ2) is 8.20. The molecule has 0 aromatic heterocycles. The van der Waals surface area contributed by atoms with E-state index in [0.29, 0.717) is 18.9 Å². The van der Waals surface area contributed by atoms with Gasteiger partial charge in [0.05, 0.1) is 12.7 Å². The number of aliphatic hydroxyl groups excluding tert-OH is 1. The number of alkyl halides is 1. The molecule has 1 atom stereocenters. The van der Waals surface area contributed by atoms with Crippen LogP contribution < -0.4 is 10.5 Å². The first-order valence-corrected chi connectivity index (χ1v) is 8.68. The largest absolute Gasteiger partial charge is 0.493 e. The molecule has 0 saturated heterocycles. The summed E-state index contributed by atoms with van der Waals surface area (Å²) < 4.78 is 6.75. The predicted molar refractivity (Wildman–Crippen MR) is 90.3 cm³/mol. The molecule has 2 rings (SSSR count). The second-order valence-corrected chi connectivity index (χ2v) is 7.36. The zero-order chi connectivity index (χ0) is 14.4. The maximum atomic E-state index is 9.95. The van der Waals surface area contributed by atoms with E-state index in [4.69, 9.17) is 10.5 Å². The SMILES string of the molecule is NCC[C@@H](O)c1cccc(OC[C@H]2CC[C@H](I)CC2)c1. The number of aliphatic hydroxyl groups is 1. The Morgan fingerprint density at radius 2 is 2.05 bits per heavy atom. The molecule has 0 bridgehead atoms. The molecule has 0 heterocycles. The molecule has 1 aromatic carbocycles. The minimum absolute atomic E-state index is 0.488. The maximum Gasteiger partial charge on any atom is 0.119 e. The standard InChI is InChI=1S/C16H24INO2/c17-14-6-4-12(5-7-14)11-20-15-3-1-2-13(10-15)16(19)8-9-18/h1-3,10,12,14,16,19H,4-9,11,18H2/t12-,14-,16-/m1/s1. The van der Waals surface area contributed by atoms with E-state index in [2.05, 4.69) is 22.6 Å². The molecular formula is C16H24INO2. The van der Waals surface area contributed by atoms with E-state index >= 15 is 0 Å². The third-order valence-corrected chi connectivity index (χ3v) is 5.19. The van der Waals surface area contributed by atoms with Crippen molar-refractivity contribution in [2.24, 2.45) is 11.7 Å². The van der Waals surface area contributed by atoms with E-state index in [1.165, 1.54) is 25.7 Å². The third kappa shape index (κ3) is 4.90. The highest BCUT2D eigenvalue weighted by molar-refractivity contribution is 14.1. The van der Waals surface area contributed by atoms with Crippen molar-refractivity contribution >= 4 is 22.6 Å². The highest BCUT2D eigenvalue weighted by atomic mass is 127. The van der Waals surface area contributed by atoms with Crippen LogP contribution in [0.25, 0.3) is 0 Å². The van der Waals surface area contributed by atoms with Crippen LogP contribution in [0.1, 0.15) is 43.8 Å². The highest BCUT2D eigenvalue weighted by Gasteiger charge is 2.19. The maximum absolute atomic E-state index is 9.95. The number of hydrogen-bond acceptors (Lipinski definition) is 3. The first-order valence-electron chi connectivity index (χ1n) is 7.44. The number of ether oxygens (including phenoxy) is 1. The van der Waals surface area contributed by atoms with Gasteiger partial charge in [0, 0.05) is 3.92 Å². The van der Waals surface area contributed by atoms with Gasteiger partial charge >= 0.3 is 0 Å². The average molecular weight is 389 g/mol. The summed E-state index contributed by atoms with van der Waals surface area (Å²) in [6.07, 6.45) is 5.25. The minimum Gasteiger partial charge on any atom is -0.493 e. The molecule has 1 aliphatic carbocycles. The van der Waals surface area contributed by atoms with Crippen LogP contribution in [0, 0.1) is 5.92 Å². The van der Waals surface area contributed by atoms with Crippen LogP contribution in [0.4, 0.5) is 0 Å². The zero-order valence-electron chi connectivity index (χ0n) is 11.8. The van der Waals surface area contributed by atoms with Crippen molar-refractivity contribution in [1.82, 2.24) is 0 Å². The molecule has 4 heteroatoms. The Hall–Kier alpha value is -0.330. The van der Waals surface area contributed by atoms with Crippen LogP contribution in [-0.4, -0.2) is 22.2 Å². The Balaban J connectivity index is 1.85. The highest BCUT2D eigenvalue weighted by Crippen LogP contribution is 2.30. The fourth-order valence-corrected chi connectivity index (χ4v) is 3.36. The predicted octanol–water partition coefficient (Wildman–Crippen LogP) is 3.44. The van der Waals surface area contributed by atoms with E-state index in [9.17, 15) is 5.11 Å². The van der Waals surface area contributed by atoms with Gasteiger partial charge in [-0.3, -0.25) is 0 Å². The number of hydrogen-bond donors (Lipinski definition) is 2. The molecule has 0 aliphatic heterocycles. The molecule has 3 nitrogen and oxygen atoms in total. The van der Waals surface area contributed by atoms with Crippen LogP contribution in [0.5, 0.6) is 5.75 Å². The fraction of sp³-hybridized carbons (Fsp3) is 0.625. The van der Waals surface area contributed by atoms with Gasteiger partial charge in [-0.1, -0.05) is 34.7 Å². The Labute approximate surface area is 135 Å². The number of rotatable bonds is 6. The van der Waals surface area contributed by atoms with Gasteiger partial charge < -0.3 is 15.6 Å². The van der Waals surface area contributed by atoms with E-state index in [1.54, 1.807) is 0 Å². The molecule has 0 amide bonds. The van der Waals surface area contributed by atoms with Gasteiger partial charge in [0.15, 0.2) is 0 Å². The molecule has 0 radical (unpaired) electrons. The van der Waals surface area contributed by atoms with Gasteiger partial charge in [-0.2, -0.15) is 0 Å². The summed E-state index contributed by atoms with van der Waals surface area (Å²) in [4.78, 5) is 0. The topological polar surface area (TPSA) is 55.5 Å². The van der Waals surface area contributed by atoms with E-state index in [0.717, 1.165) is 21.8 Å². The summed E-state index contributed by atoms with van der Waals surface area (Å²) >= 11 is 2.55. The zero-order valence-corrected chi connectivity index (χ0v) is 14.0. The minimum atomic E-state index is -0.488. The molecule has 20 heavy (non-hydrogen) atoms. The monoisotopic (exact) mass is 389 g/mol. The Kier molecular flexibility index (Phi) is 6.58. The molecule has 0 unspecified atom stereocenters. The number of benzene rings is 1. The van der Waals surface area contributed by atoms with Crippen LogP contribution >= 0.6 is 22.6 Å². The van der Waals surface area contributed by atoms with Gasteiger partial charge in [0.1, 0.15) is 5.75 Å². The van der Waals surface area contributed by atoms with Crippen molar-refractivity contribution in [2.45, 2.75) is 42.1 Å². The molecule has 1 aliphatic rings. The van der Waals surface area contributed by atoms with E-state index < -0.39 is 6.10 Å². The number of nitrogens with two attached hydrogens (primary N) is 1. The fourth-order valence-electron chi connectivity index (χ4n) is 2.64. The van der Waals surface area contributed by atoms with Crippen molar-refractivity contribution in [2.75, 3.05) is 13.2 Å². The average Bonchev–Trinajstić information content (AvgIpc) is 2.47. The van der Waals surface area contributed by atoms with Gasteiger partial charge in [-0.15, -0.1) is 0 Å². The summed E-state index contributed by atoms with van der Waals surface area (Å²) in [6, 6.07) is 7.76.